The SMILES string of the molecule is CC(=O)Oc1ccccc1C(=O)Oc1ccc(C=Nc2c(C)n(C)n(-c3ccccc3)c2=O)cc1. The van der Waals surface area contributed by atoms with Crippen LogP contribution in [0.2, 0.25) is 0 Å². The van der Waals surface area contributed by atoms with Crippen molar-refractivity contribution < 1.29 is 19.1 Å². The number of carbonyl (C=O) groups is 2. The molecule has 0 aliphatic rings. The summed E-state index contributed by atoms with van der Waals surface area (Å²) in [6.07, 6.45) is 1.58. The van der Waals surface area contributed by atoms with E-state index in [1.165, 1.54) is 19.1 Å². The number of aromatic nitrogens is 2. The minimum atomic E-state index is -0.648. The van der Waals surface area contributed by atoms with Gasteiger partial charge in [-0.3, -0.25) is 14.3 Å². The van der Waals surface area contributed by atoms with E-state index in [9.17, 15) is 14.4 Å². The molecule has 3 aromatic carbocycles. The van der Waals surface area contributed by atoms with Crippen LogP contribution in [0.3, 0.4) is 0 Å². The van der Waals surface area contributed by atoms with Crippen molar-refractivity contribution in [2.24, 2.45) is 12.0 Å². The number of carbonyl (C=O) groups excluding carboxylic acids is 2. The molecule has 0 N–H and O–H groups in total. The Labute approximate surface area is 201 Å². The molecule has 4 rings (SSSR count). The third-order valence-corrected chi connectivity index (χ3v) is 5.32. The number of ether oxygens (including phenoxy) is 2. The van der Waals surface area contributed by atoms with Gasteiger partial charge in [0.25, 0.3) is 5.56 Å². The van der Waals surface area contributed by atoms with Gasteiger partial charge in [-0.15, -0.1) is 0 Å². The first-order chi connectivity index (χ1) is 16.8. The maximum absolute atomic E-state index is 13.0. The van der Waals surface area contributed by atoms with E-state index in [0.29, 0.717) is 11.4 Å². The molecule has 8 nitrogen and oxygen atoms in total. The highest BCUT2D eigenvalue weighted by molar-refractivity contribution is 5.95. The first-order valence-electron chi connectivity index (χ1n) is 10.8. The number of benzene rings is 3. The van der Waals surface area contributed by atoms with Gasteiger partial charge in [-0.1, -0.05) is 30.3 Å². The number of esters is 2. The molecule has 4 aromatic rings. The van der Waals surface area contributed by atoms with Gasteiger partial charge in [0.05, 0.1) is 11.4 Å². The number of hydrogen-bond donors (Lipinski definition) is 0. The van der Waals surface area contributed by atoms with Crippen LogP contribution in [0, 0.1) is 6.92 Å². The predicted octanol–water partition coefficient (Wildman–Crippen LogP) is 4.38. The first-order valence-corrected chi connectivity index (χ1v) is 10.8. The Balaban J connectivity index is 1.51. The second-order valence-electron chi connectivity index (χ2n) is 7.72. The summed E-state index contributed by atoms with van der Waals surface area (Å²) in [5.41, 5.74) is 2.47. The van der Waals surface area contributed by atoms with E-state index >= 15 is 0 Å². The van der Waals surface area contributed by atoms with Crippen molar-refractivity contribution in [2.45, 2.75) is 13.8 Å². The highest BCUT2D eigenvalue weighted by atomic mass is 16.5. The number of rotatable bonds is 6. The van der Waals surface area contributed by atoms with Gasteiger partial charge < -0.3 is 9.47 Å². The van der Waals surface area contributed by atoms with Gasteiger partial charge in [-0.25, -0.2) is 14.5 Å². The third kappa shape index (κ3) is 5.11. The molecule has 176 valence electrons. The van der Waals surface area contributed by atoms with E-state index in [0.717, 1.165) is 16.9 Å². The summed E-state index contributed by atoms with van der Waals surface area (Å²) >= 11 is 0. The molecule has 0 saturated carbocycles. The highest BCUT2D eigenvalue weighted by Crippen LogP contribution is 2.22. The summed E-state index contributed by atoms with van der Waals surface area (Å²) in [5.74, 6) is -0.733. The summed E-state index contributed by atoms with van der Waals surface area (Å²) < 4.78 is 13.8. The molecule has 8 heteroatoms. The molecule has 1 aromatic heterocycles. The molecule has 0 aliphatic heterocycles. The van der Waals surface area contributed by atoms with Crippen LogP contribution in [0.5, 0.6) is 11.5 Å². The number of para-hydroxylation sites is 2. The third-order valence-electron chi connectivity index (χ3n) is 5.32. The molecule has 0 amide bonds. The van der Waals surface area contributed by atoms with Gasteiger partial charge in [0.1, 0.15) is 17.1 Å². The lowest BCUT2D eigenvalue weighted by Crippen LogP contribution is -2.19. The Morgan fingerprint density at radius 1 is 0.886 bits per heavy atom. The molecule has 0 bridgehead atoms. The van der Waals surface area contributed by atoms with Gasteiger partial charge in [0.2, 0.25) is 0 Å². The Bertz CT molecular complexity index is 1470. The lowest BCUT2D eigenvalue weighted by molar-refractivity contribution is -0.131. The molecule has 0 spiro atoms. The zero-order valence-corrected chi connectivity index (χ0v) is 19.5. The van der Waals surface area contributed by atoms with Crippen LogP contribution in [0.4, 0.5) is 5.69 Å². The van der Waals surface area contributed by atoms with Crippen molar-refractivity contribution in [1.82, 2.24) is 9.36 Å². The zero-order chi connectivity index (χ0) is 24.9. The fourth-order valence-electron chi connectivity index (χ4n) is 3.51. The number of nitrogens with zero attached hydrogens (tertiary/aromatic N) is 3. The summed E-state index contributed by atoms with van der Waals surface area (Å²) in [7, 11) is 1.81. The fourth-order valence-corrected chi connectivity index (χ4v) is 3.51. The van der Waals surface area contributed by atoms with Crippen LogP contribution < -0.4 is 15.0 Å². The molecular formula is C27H23N3O5. The van der Waals surface area contributed by atoms with Crippen molar-refractivity contribution in [2.75, 3.05) is 0 Å². The minimum absolute atomic E-state index is 0.133. The van der Waals surface area contributed by atoms with Gasteiger partial charge in [0, 0.05) is 20.2 Å². The monoisotopic (exact) mass is 469 g/mol. The van der Waals surface area contributed by atoms with Gasteiger partial charge >= 0.3 is 11.9 Å². The number of hydrogen-bond acceptors (Lipinski definition) is 6. The van der Waals surface area contributed by atoms with E-state index < -0.39 is 11.9 Å². The fraction of sp³-hybridized carbons (Fsp3) is 0.111. The molecular weight excluding hydrogens is 446 g/mol. The molecule has 35 heavy (non-hydrogen) atoms. The maximum atomic E-state index is 13.0. The molecule has 0 unspecified atom stereocenters. The van der Waals surface area contributed by atoms with Gasteiger partial charge in [0.15, 0.2) is 5.69 Å². The van der Waals surface area contributed by atoms with Crippen molar-refractivity contribution in [3.63, 3.8) is 0 Å². The lowest BCUT2D eigenvalue weighted by atomic mass is 10.2. The van der Waals surface area contributed by atoms with E-state index in [1.54, 1.807) is 52.0 Å². The quantitative estimate of drug-likeness (QED) is 0.237. The van der Waals surface area contributed by atoms with Crippen molar-refractivity contribution >= 4 is 23.8 Å². The van der Waals surface area contributed by atoms with Crippen LogP contribution in [-0.2, 0) is 11.8 Å². The van der Waals surface area contributed by atoms with Crippen molar-refractivity contribution in [3.05, 3.63) is 106 Å². The maximum Gasteiger partial charge on any atom is 0.347 e. The van der Waals surface area contributed by atoms with E-state index in [2.05, 4.69) is 4.99 Å². The average molecular weight is 469 g/mol. The second kappa shape index (κ2) is 10.0. The molecule has 0 fully saturated rings. The normalized spacial score (nSPS) is 10.9. The van der Waals surface area contributed by atoms with Crippen molar-refractivity contribution in [3.8, 4) is 17.2 Å². The second-order valence-corrected chi connectivity index (χ2v) is 7.72. The van der Waals surface area contributed by atoms with Crippen LogP contribution in [0.1, 0.15) is 28.5 Å². The van der Waals surface area contributed by atoms with Crippen LogP contribution in [-0.4, -0.2) is 27.5 Å². The van der Waals surface area contributed by atoms with Gasteiger partial charge in [-0.2, -0.15) is 0 Å². The highest BCUT2D eigenvalue weighted by Gasteiger charge is 2.16. The summed E-state index contributed by atoms with van der Waals surface area (Å²) in [4.78, 5) is 41.2. The van der Waals surface area contributed by atoms with Crippen LogP contribution >= 0.6 is 0 Å². The Morgan fingerprint density at radius 3 is 2.23 bits per heavy atom. The van der Waals surface area contributed by atoms with Crippen molar-refractivity contribution in [1.29, 1.82) is 0 Å². The largest absolute Gasteiger partial charge is 0.426 e. The van der Waals surface area contributed by atoms with Crippen LogP contribution in [0.25, 0.3) is 5.69 Å². The Morgan fingerprint density at radius 2 is 1.54 bits per heavy atom. The smallest absolute Gasteiger partial charge is 0.347 e. The first kappa shape index (κ1) is 23.4. The summed E-state index contributed by atoms with van der Waals surface area (Å²) in [6.45, 7) is 3.10. The van der Waals surface area contributed by atoms with E-state index in [1.807, 2.05) is 44.3 Å². The zero-order valence-electron chi connectivity index (χ0n) is 19.5. The molecule has 0 atom stereocenters. The van der Waals surface area contributed by atoms with E-state index in [-0.39, 0.29) is 16.9 Å². The Kier molecular flexibility index (Phi) is 6.73. The molecule has 0 saturated heterocycles. The van der Waals surface area contributed by atoms with Crippen LogP contribution in [0.15, 0.2) is 88.6 Å². The lowest BCUT2D eigenvalue weighted by Gasteiger charge is -2.08. The van der Waals surface area contributed by atoms with Gasteiger partial charge in [-0.05, 0) is 61.0 Å². The molecule has 0 aliphatic carbocycles. The Hall–Kier alpha value is -4.72. The topological polar surface area (TPSA) is 91.9 Å². The van der Waals surface area contributed by atoms with E-state index in [4.69, 9.17) is 9.47 Å². The summed E-state index contributed by atoms with van der Waals surface area (Å²) in [5, 5.41) is 0. The minimum Gasteiger partial charge on any atom is -0.426 e. The predicted molar refractivity (Wildman–Crippen MR) is 132 cm³/mol. The number of aliphatic imine (C=N–C) groups is 1. The molecule has 0 radical (unpaired) electrons. The standard InChI is InChI=1S/C27H23N3O5/c1-18-25(26(32)30(29(18)3)21-9-5-4-6-10-21)28-17-20-13-15-22(16-14-20)35-27(33)23-11-7-8-12-24(23)34-19(2)31/h4-17H,1-3H3. The summed E-state index contributed by atoms with van der Waals surface area (Å²) in [6, 6.07) is 22.4. The molecule has 1 heterocycles. The average Bonchev–Trinajstić information content (AvgIpc) is 3.06.